The van der Waals surface area contributed by atoms with Crippen molar-refractivity contribution in [1.82, 2.24) is 0 Å². The average molecular weight is 357 g/mol. The van der Waals surface area contributed by atoms with Crippen LogP contribution in [0.25, 0.3) is 0 Å². The van der Waals surface area contributed by atoms with Gasteiger partial charge in [0.1, 0.15) is 4.88 Å². The van der Waals surface area contributed by atoms with E-state index >= 15 is 0 Å². The van der Waals surface area contributed by atoms with Gasteiger partial charge in [0.05, 0.1) is 20.6 Å². The zero-order chi connectivity index (χ0) is 11.6. The van der Waals surface area contributed by atoms with Gasteiger partial charge in [0.2, 0.25) is 0 Å². The Morgan fingerprint density at radius 3 is 2.47 bits per heavy atom. The van der Waals surface area contributed by atoms with Crippen molar-refractivity contribution in [3.05, 3.63) is 13.1 Å². The monoisotopic (exact) mass is 355 g/mol. The Morgan fingerprint density at radius 2 is 2.07 bits per heavy atom. The number of esters is 1. The van der Waals surface area contributed by atoms with Crippen molar-refractivity contribution in [1.29, 1.82) is 0 Å². The summed E-state index contributed by atoms with van der Waals surface area (Å²) in [6.45, 7) is 2.18. The maximum Gasteiger partial charge on any atom is 0.349 e. The third-order valence-electron chi connectivity index (χ3n) is 1.69. The Kier molecular flexibility index (Phi) is 4.61. The van der Waals surface area contributed by atoms with E-state index in [9.17, 15) is 4.79 Å². The summed E-state index contributed by atoms with van der Waals surface area (Å²) in [6.07, 6.45) is 0. The third kappa shape index (κ3) is 2.73. The Bertz CT molecular complexity index is 376. The fraction of sp³-hybridized carbons (Fsp3) is 0.444. The number of ether oxygens (including phenoxy) is 1. The van der Waals surface area contributed by atoms with Crippen LogP contribution in [0.2, 0.25) is 0 Å². The van der Waals surface area contributed by atoms with Crippen molar-refractivity contribution in [2.24, 2.45) is 0 Å². The smallest absolute Gasteiger partial charge is 0.349 e. The van der Waals surface area contributed by atoms with Gasteiger partial charge in [-0.25, -0.2) is 4.79 Å². The molecular weight excluding hydrogens is 346 g/mol. The summed E-state index contributed by atoms with van der Waals surface area (Å²) in [5, 5.41) is 0. The highest BCUT2D eigenvalue weighted by Gasteiger charge is 2.21. The number of hydrogen-bond donors (Lipinski definition) is 0. The second-order valence-electron chi connectivity index (χ2n) is 2.98. The summed E-state index contributed by atoms with van der Waals surface area (Å²) in [5.74, 6) is -0.289. The molecule has 0 bridgehead atoms. The number of carbonyl (C=O) groups excluding carboxylic acids is 1. The first kappa shape index (κ1) is 13.0. The molecule has 0 radical (unpaired) electrons. The molecule has 0 atom stereocenters. The minimum Gasteiger partial charge on any atom is -0.462 e. The van der Waals surface area contributed by atoms with Crippen molar-refractivity contribution in [2.75, 3.05) is 25.6 Å². The molecule has 0 aliphatic rings. The van der Waals surface area contributed by atoms with Gasteiger partial charge < -0.3 is 9.64 Å². The molecule has 0 amide bonds. The van der Waals surface area contributed by atoms with Crippen molar-refractivity contribution < 1.29 is 9.53 Å². The lowest BCUT2D eigenvalue weighted by molar-refractivity contribution is 0.0531. The topological polar surface area (TPSA) is 29.5 Å². The minimum absolute atomic E-state index is 0.289. The molecule has 0 saturated heterocycles. The molecule has 3 nitrogen and oxygen atoms in total. The summed E-state index contributed by atoms with van der Waals surface area (Å²) in [4.78, 5) is 14.1. The first-order chi connectivity index (χ1) is 6.99. The summed E-state index contributed by atoms with van der Waals surface area (Å²) in [7, 11) is 3.85. The van der Waals surface area contributed by atoms with Gasteiger partial charge >= 0.3 is 5.97 Å². The third-order valence-corrected chi connectivity index (χ3v) is 4.54. The molecule has 0 aliphatic heterocycles. The molecule has 1 aromatic rings. The highest BCUT2D eigenvalue weighted by molar-refractivity contribution is 9.11. The van der Waals surface area contributed by atoms with E-state index in [-0.39, 0.29) is 5.97 Å². The highest BCUT2D eigenvalue weighted by atomic mass is 79.9. The van der Waals surface area contributed by atoms with Gasteiger partial charge in [-0.15, -0.1) is 11.3 Å². The van der Waals surface area contributed by atoms with E-state index in [0.29, 0.717) is 11.5 Å². The maximum absolute atomic E-state index is 11.6. The zero-order valence-electron chi connectivity index (χ0n) is 8.63. The number of thiophene rings is 1. The van der Waals surface area contributed by atoms with Crippen LogP contribution in [-0.4, -0.2) is 26.7 Å². The fourth-order valence-corrected chi connectivity index (χ4v) is 4.36. The SMILES string of the molecule is CCOC(=O)c1sc(Br)c(N(C)C)c1Br. The second-order valence-corrected chi connectivity index (χ2v) is 6.11. The molecule has 0 aromatic carbocycles. The molecule has 1 rings (SSSR count). The van der Waals surface area contributed by atoms with Crippen LogP contribution < -0.4 is 4.90 Å². The van der Waals surface area contributed by atoms with Gasteiger partial charge in [-0.2, -0.15) is 0 Å². The van der Waals surface area contributed by atoms with Crippen LogP contribution in [0.4, 0.5) is 5.69 Å². The zero-order valence-corrected chi connectivity index (χ0v) is 12.6. The second kappa shape index (κ2) is 5.32. The Hall–Kier alpha value is -0.0700. The molecule has 0 N–H and O–H groups in total. The van der Waals surface area contributed by atoms with E-state index in [1.807, 2.05) is 19.0 Å². The number of rotatable bonds is 3. The summed E-state index contributed by atoms with van der Waals surface area (Å²) in [6, 6.07) is 0. The molecule has 0 aliphatic carbocycles. The van der Waals surface area contributed by atoms with Crippen LogP contribution >= 0.6 is 43.2 Å². The number of hydrogen-bond acceptors (Lipinski definition) is 4. The Balaban J connectivity index is 3.12. The van der Waals surface area contributed by atoms with Crippen molar-refractivity contribution in [2.45, 2.75) is 6.92 Å². The van der Waals surface area contributed by atoms with E-state index < -0.39 is 0 Å². The molecule has 6 heteroatoms. The number of anilines is 1. The van der Waals surface area contributed by atoms with Gasteiger partial charge in [-0.1, -0.05) is 0 Å². The molecule has 1 aromatic heterocycles. The summed E-state index contributed by atoms with van der Waals surface area (Å²) >= 11 is 8.21. The molecular formula is C9H11Br2NO2S. The number of halogens is 2. The largest absolute Gasteiger partial charge is 0.462 e. The molecule has 1 heterocycles. The Labute approximate surface area is 110 Å². The van der Waals surface area contributed by atoms with E-state index in [2.05, 4.69) is 31.9 Å². The van der Waals surface area contributed by atoms with Crippen LogP contribution in [-0.2, 0) is 4.74 Å². The van der Waals surface area contributed by atoms with Gasteiger partial charge in [-0.05, 0) is 38.8 Å². The predicted molar refractivity (Wildman–Crippen MR) is 70.0 cm³/mol. The Morgan fingerprint density at radius 1 is 1.47 bits per heavy atom. The molecule has 0 fully saturated rings. The normalized spacial score (nSPS) is 10.2. The molecule has 15 heavy (non-hydrogen) atoms. The molecule has 0 saturated carbocycles. The molecule has 0 unspecified atom stereocenters. The predicted octanol–water partition coefficient (Wildman–Crippen LogP) is 3.52. The minimum atomic E-state index is -0.289. The lowest BCUT2D eigenvalue weighted by Crippen LogP contribution is -2.09. The van der Waals surface area contributed by atoms with E-state index in [0.717, 1.165) is 13.9 Å². The van der Waals surface area contributed by atoms with Crippen LogP contribution in [0.5, 0.6) is 0 Å². The van der Waals surface area contributed by atoms with Crippen molar-refractivity contribution in [3.8, 4) is 0 Å². The summed E-state index contributed by atoms with van der Waals surface area (Å²) < 4.78 is 6.66. The van der Waals surface area contributed by atoms with E-state index in [1.165, 1.54) is 11.3 Å². The van der Waals surface area contributed by atoms with Crippen molar-refractivity contribution in [3.63, 3.8) is 0 Å². The van der Waals surface area contributed by atoms with Gasteiger partial charge in [0.15, 0.2) is 0 Å². The van der Waals surface area contributed by atoms with Gasteiger partial charge in [0.25, 0.3) is 0 Å². The highest BCUT2D eigenvalue weighted by Crippen LogP contribution is 2.43. The van der Waals surface area contributed by atoms with E-state index in [1.54, 1.807) is 6.92 Å². The molecule has 0 spiro atoms. The lowest BCUT2D eigenvalue weighted by atomic mass is 10.4. The maximum atomic E-state index is 11.6. The number of carbonyl (C=O) groups is 1. The average Bonchev–Trinajstić information content (AvgIpc) is 2.42. The van der Waals surface area contributed by atoms with Gasteiger partial charge in [-0.3, -0.25) is 0 Å². The first-order valence-electron chi connectivity index (χ1n) is 4.31. The van der Waals surface area contributed by atoms with Crippen LogP contribution in [0.1, 0.15) is 16.6 Å². The standard InChI is InChI=1S/C9H11Br2NO2S/c1-4-14-9(13)7-5(10)6(12(2)3)8(11)15-7/h4H2,1-3H3. The summed E-state index contributed by atoms with van der Waals surface area (Å²) in [5.41, 5.74) is 0.961. The quantitative estimate of drug-likeness (QED) is 0.776. The fourth-order valence-electron chi connectivity index (χ4n) is 1.08. The van der Waals surface area contributed by atoms with Crippen LogP contribution in [0.3, 0.4) is 0 Å². The van der Waals surface area contributed by atoms with E-state index in [4.69, 9.17) is 4.74 Å². The van der Waals surface area contributed by atoms with Crippen LogP contribution in [0, 0.1) is 0 Å². The molecule has 84 valence electrons. The van der Waals surface area contributed by atoms with Crippen molar-refractivity contribution >= 4 is 54.9 Å². The van der Waals surface area contributed by atoms with Crippen LogP contribution in [0.15, 0.2) is 8.26 Å². The lowest BCUT2D eigenvalue weighted by Gasteiger charge is -2.11. The number of nitrogens with zero attached hydrogens (tertiary/aromatic N) is 1. The first-order valence-corrected chi connectivity index (χ1v) is 6.71. The van der Waals surface area contributed by atoms with Gasteiger partial charge in [0, 0.05) is 14.1 Å².